The van der Waals surface area contributed by atoms with Crippen molar-refractivity contribution in [1.29, 1.82) is 0 Å². The fourth-order valence-corrected chi connectivity index (χ4v) is 1.66. The van der Waals surface area contributed by atoms with Crippen LogP contribution < -0.4 is 4.74 Å². The lowest BCUT2D eigenvalue weighted by molar-refractivity contribution is 0.155. The van der Waals surface area contributed by atoms with Crippen molar-refractivity contribution in [2.75, 3.05) is 6.61 Å². The van der Waals surface area contributed by atoms with Crippen LogP contribution in [0.4, 0.5) is 0 Å². The Kier molecular flexibility index (Phi) is 4.72. The zero-order valence-corrected chi connectivity index (χ0v) is 10.2. The number of halogens is 2. The van der Waals surface area contributed by atoms with Crippen LogP contribution in [0, 0.1) is 0 Å². The third-order valence-corrected chi connectivity index (χ3v) is 2.48. The second kappa shape index (κ2) is 5.59. The third-order valence-electron chi connectivity index (χ3n) is 1.69. The second-order valence-corrected chi connectivity index (χ2v) is 4.38. The van der Waals surface area contributed by atoms with Gasteiger partial charge in [-0.25, -0.2) is 0 Å². The molecule has 0 aliphatic rings. The Morgan fingerprint density at radius 3 is 2.86 bits per heavy atom. The average molecular weight is 280 g/mol. The van der Waals surface area contributed by atoms with E-state index in [0.29, 0.717) is 23.8 Å². The molecule has 0 spiro atoms. The number of aliphatic hydroxyl groups is 1. The number of rotatable bonds is 4. The first-order chi connectivity index (χ1) is 6.59. The normalized spacial score (nSPS) is 12.6. The highest BCUT2D eigenvalue weighted by molar-refractivity contribution is 9.10. The van der Waals surface area contributed by atoms with E-state index in [9.17, 15) is 0 Å². The summed E-state index contributed by atoms with van der Waals surface area (Å²) in [7, 11) is 0. The van der Waals surface area contributed by atoms with E-state index in [2.05, 4.69) is 15.9 Å². The summed E-state index contributed by atoms with van der Waals surface area (Å²) in [5, 5.41) is 9.60. The van der Waals surface area contributed by atoms with Gasteiger partial charge in [0.05, 0.1) is 17.7 Å². The van der Waals surface area contributed by atoms with E-state index >= 15 is 0 Å². The van der Waals surface area contributed by atoms with Gasteiger partial charge in [0, 0.05) is 10.9 Å². The molecule has 1 rings (SSSR count). The first-order valence-corrected chi connectivity index (χ1v) is 5.52. The van der Waals surface area contributed by atoms with Crippen LogP contribution in [0.5, 0.6) is 5.75 Å². The molecule has 14 heavy (non-hydrogen) atoms. The topological polar surface area (TPSA) is 29.5 Å². The Bertz CT molecular complexity index is 302. The fourth-order valence-electron chi connectivity index (χ4n) is 0.932. The van der Waals surface area contributed by atoms with Crippen LogP contribution in [0.1, 0.15) is 13.3 Å². The van der Waals surface area contributed by atoms with Crippen molar-refractivity contribution in [2.45, 2.75) is 19.4 Å². The van der Waals surface area contributed by atoms with E-state index in [1.807, 2.05) is 6.07 Å². The molecule has 0 aromatic heterocycles. The first-order valence-electron chi connectivity index (χ1n) is 4.35. The molecule has 0 heterocycles. The first kappa shape index (κ1) is 11.8. The summed E-state index contributed by atoms with van der Waals surface area (Å²) in [5.74, 6) is 0.649. The van der Waals surface area contributed by atoms with Gasteiger partial charge in [0.2, 0.25) is 0 Å². The minimum atomic E-state index is -0.343. The van der Waals surface area contributed by atoms with Gasteiger partial charge in [-0.2, -0.15) is 0 Å². The summed E-state index contributed by atoms with van der Waals surface area (Å²) in [6, 6.07) is 5.44. The zero-order chi connectivity index (χ0) is 10.6. The maximum absolute atomic E-state index is 9.02. The Morgan fingerprint density at radius 2 is 2.29 bits per heavy atom. The van der Waals surface area contributed by atoms with Crippen molar-refractivity contribution in [3.8, 4) is 5.75 Å². The van der Waals surface area contributed by atoms with Gasteiger partial charge in [0.1, 0.15) is 5.75 Å². The lowest BCUT2D eigenvalue weighted by atomic mass is 10.3. The molecule has 1 aromatic rings. The minimum absolute atomic E-state index is 0.343. The van der Waals surface area contributed by atoms with Gasteiger partial charge in [0.15, 0.2) is 0 Å². The molecular weight excluding hydrogens is 267 g/mol. The molecule has 0 saturated heterocycles. The molecule has 2 nitrogen and oxygen atoms in total. The summed E-state index contributed by atoms with van der Waals surface area (Å²) < 4.78 is 6.31. The molecule has 0 fully saturated rings. The molecule has 1 N–H and O–H groups in total. The van der Waals surface area contributed by atoms with Gasteiger partial charge >= 0.3 is 0 Å². The van der Waals surface area contributed by atoms with Crippen molar-refractivity contribution in [2.24, 2.45) is 0 Å². The molecule has 78 valence electrons. The molecular formula is C10H12BrClO2. The maximum Gasteiger partial charge on any atom is 0.137 e. The van der Waals surface area contributed by atoms with Gasteiger partial charge < -0.3 is 9.84 Å². The third kappa shape index (κ3) is 3.86. The van der Waals surface area contributed by atoms with E-state index in [1.165, 1.54) is 0 Å². The highest BCUT2D eigenvalue weighted by Gasteiger charge is 2.02. The smallest absolute Gasteiger partial charge is 0.137 e. The van der Waals surface area contributed by atoms with Crippen LogP contribution in [-0.4, -0.2) is 17.8 Å². The molecule has 1 unspecified atom stereocenters. The summed E-state index contributed by atoms with van der Waals surface area (Å²) in [6.45, 7) is 2.20. The van der Waals surface area contributed by atoms with Crippen LogP contribution in [0.3, 0.4) is 0 Å². The standard InChI is InChI=1S/C10H12BrClO2/c1-7(13)4-5-14-10-3-2-8(11)6-9(10)12/h2-3,6-7,13H,4-5H2,1H3. The molecule has 0 bridgehead atoms. The van der Waals surface area contributed by atoms with E-state index in [0.717, 1.165) is 4.47 Å². The molecule has 4 heteroatoms. The highest BCUT2D eigenvalue weighted by atomic mass is 79.9. The lowest BCUT2D eigenvalue weighted by Crippen LogP contribution is -2.07. The van der Waals surface area contributed by atoms with E-state index in [4.69, 9.17) is 21.4 Å². The second-order valence-electron chi connectivity index (χ2n) is 3.06. The van der Waals surface area contributed by atoms with Crippen LogP contribution in [0.2, 0.25) is 5.02 Å². The number of benzene rings is 1. The van der Waals surface area contributed by atoms with E-state index in [-0.39, 0.29) is 6.10 Å². The van der Waals surface area contributed by atoms with Crippen molar-refractivity contribution < 1.29 is 9.84 Å². The summed E-state index contributed by atoms with van der Waals surface area (Å²) in [5.41, 5.74) is 0. The molecule has 1 atom stereocenters. The largest absolute Gasteiger partial charge is 0.492 e. The molecule has 0 radical (unpaired) electrons. The van der Waals surface area contributed by atoms with Crippen LogP contribution in [0.15, 0.2) is 22.7 Å². The Hall–Kier alpha value is -0.250. The minimum Gasteiger partial charge on any atom is -0.492 e. The van der Waals surface area contributed by atoms with Crippen LogP contribution in [-0.2, 0) is 0 Å². The number of ether oxygens (including phenoxy) is 1. The Labute approximate surface area is 97.0 Å². The van der Waals surface area contributed by atoms with Gasteiger partial charge in [0.25, 0.3) is 0 Å². The lowest BCUT2D eigenvalue weighted by Gasteiger charge is -2.09. The maximum atomic E-state index is 9.02. The SMILES string of the molecule is CC(O)CCOc1ccc(Br)cc1Cl. The van der Waals surface area contributed by atoms with Gasteiger partial charge in [-0.3, -0.25) is 0 Å². The van der Waals surface area contributed by atoms with Crippen LogP contribution in [0.25, 0.3) is 0 Å². The molecule has 0 saturated carbocycles. The molecule has 1 aromatic carbocycles. The predicted molar refractivity (Wildman–Crippen MR) is 60.9 cm³/mol. The highest BCUT2D eigenvalue weighted by Crippen LogP contribution is 2.27. The number of aliphatic hydroxyl groups excluding tert-OH is 1. The van der Waals surface area contributed by atoms with Crippen molar-refractivity contribution in [3.63, 3.8) is 0 Å². The van der Waals surface area contributed by atoms with Crippen molar-refractivity contribution >= 4 is 27.5 Å². The van der Waals surface area contributed by atoms with Gasteiger partial charge in [-0.15, -0.1) is 0 Å². The molecule has 0 amide bonds. The van der Waals surface area contributed by atoms with Crippen molar-refractivity contribution in [1.82, 2.24) is 0 Å². The van der Waals surface area contributed by atoms with E-state index < -0.39 is 0 Å². The summed E-state index contributed by atoms with van der Waals surface area (Å²) in [6.07, 6.45) is 0.260. The Morgan fingerprint density at radius 1 is 1.57 bits per heavy atom. The summed E-state index contributed by atoms with van der Waals surface area (Å²) in [4.78, 5) is 0. The fraction of sp³-hybridized carbons (Fsp3) is 0.400. The van der Waals surface area contributed by atoms with Crippen LogP contribution >= 0.6 is 27.5 Å². The molecule has 0 aliphatic heterocycles. The summed E-state index contributed by atoms with van der Waals surface area (Å²) >= 11 is 9.24. The molecule has 0 aliphatic carbocycles. The van der Waals surface area contributed by atoms with Gasteiger partial charge in [-0.1, -0.05) is 27.5 Å². The van der Waals surface area contributed by atoms with E-state index in [1.54, 1.807) is 19.1 Å². The van der Waals surface area contributed by atoms with Crippen molar-refractivity contribution in [3.05, 3.63) is 27.7 Å². The average Bonchev–Trinajstić information content (AvgIpc) is 2.08. The number of hydrogen-bond acceptors (Lipinski definition) is 2. The predicted octanol–water partition coefficient (Wildman–Crippen LogP) is 3.25. The monoisotopic (exact) mass is 278 g/mol. The Balaban J connectivity index is 2.51. The number of hydrogen-bond donors (Lipinski definition) is 1. The quantitative estimate of drug-likeness (QED) is 0.917. The van der Waals surface area contributed by atoms with Gasteiger partial charge in [-0.05, 0) is 25.1 Å². The zero-order valence-electron chi connectivity index (χ0n) is 7.84.